The van der Waals surface area contributed by atoms with Crippen LogP contribution < -0.4 is 10.6 Å². The molecule has 3 atom stereocenters. The number of benzene rings is 1. The largest absolute Gasteiger partial charge is 0.389 e. The number of anilines is 1. The van der Waals surface area contributed by atoms with Gasteiger partial charge >= 0.3 is 0 Å². The molecule has 8 nitrogen and oxygen atoms in total. The van der Waals surface area contributed by atoms with E-state index in [2.05, 4.69) is 36.6 Å². The van der Waals surface area contributed by atoms with E-state index in [0.29, 0.717) is 38.9 Å². The third-order valence-corrected chi connectivity index (χ3v) is 6.67. The first kappa shape index (κ1) is 22.0. The van der Waals surface area contributed by atoms with Crippen molar-refractivity contribution in [3.05, 3.63) is 39.6 Å². The summed E-state index contributed by atoms with van der Waals surface area (Å²) >= 11 is 9.74. The Morgan fingerprint density at radius 3 is 2.90 bits per heavy atom. The highest BCUT2D eigenvalue weighted by atomic mass is 79.9. The number of aliphatic hydroxyl groups excluding tert-OH is 1. The summed E-state index contributed by atoms with van der Waals surface area (Å²) in [5.74, 6) is 0.537. The van der Waals surface area contributed by atoms with Crippen LogP contribution in [0.3, 0.4) is 0 Å². The average molecular weight is 508 g/mol. The van der Waals surface area contributed by atoms with E-state index >= 15 is 0 Å². The van der Waals surface area contributed by atoms with E-state index in [0.717, 1.165) is 18.2 Å². The van der Waals surface area contributed by atoms with Crippen molar-refractivity contribution >= 4 is 50.4 Å². The molecule has 0 radical (unpaired) electrons. The molecule has 0 bridgehead atoms. The highest BCUT2D eigenvalue weighted by molar-refractivity contribution is 9.10. The molecule has 1 fully saturated rings. The number of hydrogen-bond donors (Lipinski definition) is 3. The first-order valence-electron chi connectivity index (χ1n) is 10.1. The van der Waals surface area contributed by atoms with Gasteiger partial charge in [0.05, 0.1) is 17.2 Å². The van der Waals surface area contributed by atoms with Gasteiger partial charge in [-0.1, -0.05) is 18.5 Å². The minimum absolute atomic E-state index is 0.0602. The van der Waals surface area contributed by atoms with Gasteiger partial charge in [0, 0.05) is 29.7 Å². The Morgan fingerprint density at radius 1 is 1.42 bits per heavy atom. The van der Waals surface area contributed by atoms with Crippen LogP contribution >= 0.6 is 27.5 Å². The third kappa shape index (κ3) is 4.26. The number of carbonyl (C=O) groups excluding carboxylic acids is 1. The number of amides is 1. The van der Waals surface area contributed by atoms with Crippen LogP contribution in [-0.4, -0.2) is 43.9 Å². The van der Waals surface area contributed by atoms with Crippen LogP contribution in [0.15, 0.2) is 29.0 Å². The fourth-order valence-corrected chi connectivity index (χ4v) is 4.81. The van der Waals surface area contributed by atoms with Crippen LogP contribution in [-0.2, 0) is 4.79 Å². The molecular formula is C21H24BrClN6O2. The molecule has 164 valence electrons. The predicted octanol–water partition coefficient (Wildman–Crippen LogP) is 4.00. The summed E-state index contributed by atoms with van der Waals surface area (Å²) in [6.45, 7) is 3.67. The summed E-state index contributed by atoms with van der Waals surface area (Å²) in [7, 11) is 1.67. The highest BCUT2D eigenvalue weighted by Crippen LogP contribution is 2.39. The number of aromatic nitrogens is 4. The lowest BCUT2D eigenvalue weighted by atomic mass is 9.87. The van der Waals surface area contributed by atoms with Crippen molar-refractivity contribution in [3.63, 3.8) is 0 Å². The topological polar surface area (TPSA) is 105 Å². The van der Waals surface area contributed by atoms with Crippen molar-refractivity contribution in [2.75, 3.05) is 12.4 Å². The van der Waals surface area contributed by atoms with Crippen molar-refractivity contribution in [2.45, 2.75) is 45.3 Å². The van der Waals surface area contributed by atoms with Crippen molar-refractivity contribution < 1.29 is 9.90 Å². The molecule has 1 aliphatic rings. The highest BCUT2D eigenvalue weighted by Gasteiger charge is 2.40. The van der Waals surface area contributed by atoms with E-state index in [-0.39, 0.29) is 17.4 Å². The summed E-state index contributed by atoms with van der Waals surface area (Å²) in [6, 6.07) is 5.43. The fraction of sp³-hybridized carbons (Fsp3) is 0.429. The lowest BCUT2D eigenvalue weighted by Crippen LogP contribution is -2.35. The number of nitrogens with one attached hydrogen (secondary N) is 2. The molecule has 1 saturated carbocycles. The van der Waals surface area contributed by atoms with Crippen LogP contribution in [0.25, 0.3) is 16.7 Å². The lowest BCUT2D eigenvalue weighted by molar-refractivity contribution is -0.129. The number of rotatable bonds is 5. The van der Waals surface area contributed by atoms with Crippen molar-refractivity contribution in [1.29, 1.82) is 0 Å². The van der Waals surface area contributed by atoms with Gasteiger partial charge in [0.25, 0.3) is 0 Å². The number of nitrogens with zero attached hydrogens (tertiary/aromatic N) is 4. The van der Waals surface area contributed by atoms with Crippen LogP contribution in [0.2, 0.25) is 5.02 Å². The van der Waals surface area contributed by atoms with Crippen molar-refractivity contribution in [2.24, 2.45) is 5.41 Å². The molecule has 0 saturated heterocycles. The normalized spacial score (nSPS) is 21.9. The van der Waals surface area contributed by atoms with E-state index < -0.39 is 6.10 Å². The Bertz CT molecular complexity index is 1150. The molecule has 2 heterocycles. The molecule has 1 aliphatic carbocycles. The first-order valence-corrected chi connectivity index (χ1v) is 11.3. The van der Waals surface area contributed by atoms with E-state index in [9.17, 15) is 9.90 Å². The molecule has 3 aromatic rings. The van der Waals surface area contributed by atoms with Crippen LogP contribution in [0, 0.1) is 5.41 Å². The van der Waals surface area contributed by atoms with Gasteiger partial charge in [0.1, 0.15) is 4.60 Å². The van der Waals surface area contributed by atoms with Gasteiger partial charge in [0.15, 0.2) is 5.65 Å². The van der Waals surface area contributed by atoms with Crippen LogP contribution in [0.4, 0.5) is 5.95 Å². The van der Waals surface area contributed by atoms with Gasteiger partial charge in [-0.2, -0.15) is 10.1 Å². The van der Waals surface area contributed by atoms with Gasteiger partial charge in [-0.15, -0.1) is 0 Å². The van der Waals surface area contributed by atoms with Gasteiger partial charge in [0.2, 0.25) is 11.9 Å². The van der Waals surface area contributed by atoms with E-state index in [1.165, 1.54) is 0 Å². The second kappa shape index (κ2) is 8.37. The number of fused-ring (bicyclic) bond motifs is 1. The average Bonchev–Trinajstić information content (AvgIpc) is 3.27. The molecular weight excluding hydrogens is 484 g/mol. The molecule has 3 N–H and O–H groups in total. The smallest absolute Gasteiger partial charge is 0.225 e. The number of halogens is 2. The van der Waals surface area contributed by atoms with E-state index in [4.69, 9.17) is 16.6 Å². The Kier molecular flexibility index (Phi) is 5.93. The molecule has 4 rings (SSSR count). The standard InChI is InChI=1S/C21H24BrClN6O2/c1-11(30)12-6-13(23)8-15(7-12)29-18-16(17(22)28-29)10-25-20(27-18)26-14-4-5-21(2,9-14)19(31)24-3/h6-8,10-11,14,30H,4-5,9H2,1-3H3,(H,24,31)(H,25,26,27)/t11?,14-,21-/m1/s1. The summed E-state index contributed by atoms with van der Waals surface area (Å²) < 4.78 is 2.29. The zero-order valence-corrected chi connectivity index (χ0v) is 19.8. The van der Waals surface area contributed by atoms with Crippen LogP contribution in [0.1, 0.15) is 44.8 Å². The summed E-state index contributed by atoms with van der Waals surface area (Å²) in [5, 5.41) is 21.9. The summed E-state index contributed by atoms with van der Waals surface area (Å²) in [4.78, 5) is 21.3. The Balaban J connectivity index is 1.67. The van der Waals surface area contributed by atoms with Crippen molar-refractivity contribution in [3.8, 4) is 5.69 Å². The zero-order chi connectivity index (χ0) is 22.3. The third-order valence-electron chi connectivity index (χ3n) is 5.86. The molecule has 10 heteroatoms. The number of aliphatic hydroxyl groups is 1. The SMILES string of the molecule is CNC(=O)[C@]1(C)CC[C@@H](Nc2ncc3c(Br)nn(-c4cc(Cl)cc(C(C)O)c4)c3n2)C1. The summed E-state index contributed by atoms with van der Waals surface area (Å²) in [6.07, 6.45) is 3.43. The van der Waals surface area contributed by atoms with Gasteiger partial charge < -0.3 is 15.7 Å². The fourth-order valence-electron chi connectivity index (χ4n) is 4.13. The second-order valence-corrected chi connectivity index (χ2v) is 9.46. The van der Waals surface area contributed by atoms with Gasteiger partial charge in [-0.05, 0) is 65.9 Å². The number of hydrogen-bond acceptors (Lipinski definition) is 6. The second-order valence-electron chi connectivity index (χ2n) is 8.28. The molecule has 2 aromatic heterocycles. The molecule has 1 aromatic carbocycles. The maximum absolute atomic E-state index is 12.2. The van der Waals surface area contributed by atoms with Crippen molar-refractivity contribution in [1.82, 2.24) is 25.1 Å². The van der Waals surface area contributed by atoms with Gasteiger partial charge in [-0.3, -0.25) is 4.79 Å². The maximum atomic E-state index is 12.2. The molecule has 0 spiro atoms. The molecule has 0 aliphatic heterocycles. The molecule has 1 unspecified atom stereocenters. The minimum atomic E-state index is -0.661. The Labute approximate surface area is 193 Å². The molecule has 1 amide bonds. The predicted molar refractivity (Wildman–Crippen MR) is 123 cm³/mol. The van der Waals surface area contributed by atoms with E-state index in [1.807, 2.05) is 13.0 Å². The summed E-state index contributed by atoms with van der Waals surface area (Å²) in [5.41, 5.74) is 1.60. The molecule has 31 heavy (non-hydrogen) atoms. The minimum Gasteiger partial charge on any atom is -0.389 e. The zero-order valence-electron chi connectivity index (χ0n) is 17.5. The first-order chi connectivity index (χ1) is 14.7. The Morgan fingerprint density at radius 2 is 2.19 bits per heavy atom. The quantitative estimate of drug-likeness (QED) is 0.482. The lowest BCUT2D eigenvalue weighted by Gasteiger charge is -2.22. The van der Waals surface area contributed by atoms with Crippen LogP contribution in [0.5, 0.6) is 0 Å². The monoisotopic (exact) mass is 506 g/mol. The van der Waals surface area contributed by atoms with Gasteiger partial charge in [-0.25, -0.2) is 9.67 Å². The maximum Gasteiger partial charge on any atom is 0.225 e. The Hall–Kier alpha value is -2.23. The number of carbonyl (C=O) groups is 1. The van der Waals surface area contributed by atoms with E-state index in [1.54, 1.807) is 37.0 Å².